The van der Waals surface area contributed by atoms with Gasteiger partial charge in [0.1, 0.15) is 5.60 Å². The largest absolute Gasteiger partial charge is 0.444 e. The minimum atomic E-state index is -3.32. The summed E-state index contributed by atoms with van der Waals surface area (Å²) in [5, 5.41) is 6.53. The van der Waals surface area contributed by atoms with Gasteiger partial charge in [-0.1, -0.05) is 0 Å². The molecule has 11 heteroatoms. The highest BCUT2D eigenvalue weighted by atomic mass is 127. The molecule has 29 heavy (non-hydrogen) atoms. The molecule has 172 valence electrons. The van der Waals surface area contributed by atoms with E-state index in [4.69, 9.17) is 4.74 Å². The Hall–Kier alpha value is -0.820. The highest BCUT2D eigenvalue weighted by molar-refractivity contribution is 14.0. The van der Waals surface area contributed by atoms with Crippen LogP contribution in [0, 0.1) is 0 Å². The van der Waals surface area contributed by atoms with E-state index < -0.39 is 21.2 Å². The van der Waals surface area contributed by atoms with Gasteiger partial charge in [0.25, 0.3) is 0 Å². The fourth-order valence-corrected chi connectivity index (χ4v) is 3.98. The number of aliphatic imine (C=N–C) groups is 1. The molecule has 1 heterocycles. The molecule has 0 aromatic carbocycles. The number of hydrogen-bond acceptors (Lipinski definition) is 5. The molecule has 1 aliphatic rings. The molecule has 3 N–H and O–H groups in total. The summed E-state index contributed by atoms with van der Waals surface area (Å²) in [6.07, 6.45) is 2.61. The van der Waals surface area contributed by atoms with E-state index in [1.54, 1.807) is 18.7 Å². The second-order valence-electron chi connectivity index (χ2n) is 8.86. The Bertz CT molecular complexity index is 662. The van der Waals surface area contributed by atoms with E-state index in [2.05, 4.69) is 20.3 Å². The monoisotopic (exact) mass is 547 g/mol. The highest BCUT2D eigenvalue weighted by Crippen LogP contribution is 2.15. The fraction of sp³-hybridized carbons (Fsp3) is 0.889. The molecule has 0 aliphatic carbocycles. The Morgan fingerprint density at radius 1 is 1.24 bits per heavy atom. The summed E-state index contributed by atoms with van der Waals surface area (Å²) in [7, 11) is -3.32. The van der Waals surface area contributed by atoms with Crippen LogP contribution in [0.25, 0.3) is 0 Å². The van der Waals surface area contributed by atoms with E-state index in [0.29, 0.717) is 25.6 Å². The summed E-state index contributed by atoms with van der Waals surface area (Å²) >= 11 is 0. The molecular formula is C18H38IN5O4S. The molecule has 1 aliphatic heterocycles. The second kappa shape index (κ2) is 11.5. The Morgan fingerprint density at radius 2 is 1.86 bits per heavy atom. The van der Waals surface area contributed by atoms with Crippen LogP contribution in [-0.2, 0) is 14.8 Å². The number of hydrogen-bond donors (Lipinski definition) is 3. The normalized spacial score (nSPS) is 18.7. The lowest BCUT2D eigenvalue weighted by Gasteiger charge is -2.35. The molecule has 0 aromatic heterocycles. The zero-order valence-electron chi connectivity index (χ0n) is 18.7. The van der Waals surface area contributed by atoms with Gasteiger partial charge in [0, 0.05) is 31.2 Å². The second-order valence-corrected chi connectivity index (χ2v) is 10.6. The summed E-state index contributed by atoms with van der Waals surface area (Å²) in [6, 6.07) is 0.0463. The topological polar surface area (TPSA) is 112 Å². The van der Waals surface area contributed by atoms with Crippen molar-refractivity contribution in [3.63, 3.8) is 0 Å². The molecule has 0 aromatic rings. The van der Waals surface area contributed by atoms with Crippen molar-refractivity contribution >= 4 is 46.1 Å². The van der Waals surface area contributed by atoms with Gasteiger partial charge in [-0.15, -0.1) is 24.0 Å². The van der Waals surface area contributed by atoms with Crippen LogP contribution >= 0.6 is 24.0 Å². The minimum absolute atomic E-state index is 0. The summed E-state index contributed by atoms with van der Waals surface area (Å²) in [5.41, 5.74) is -1.23. The van der Waals surface area contributed by atoms with E-state index in [1.807, 2.05) is 27.7 Å². The van der Waals surface area contributed by atoms with Crippen molar-refractivity contribution in [3.05, 3.63) is 0 Å². The molecule has 1 unspecified atom stereocenters. The molecule has 1 fully saturated rings. The van der Waals surface area contributed by atoms with E-state index in [0.717, 1.165) is 19.1 Å². The lowest BCUT2D eigenvalue weighted by Crippen LogP contribution is -2.53. The molecule has 0 saturated carbocycles. The first-order valence-corrected chi connectivity index (χ1v) is 11.6. The first kappa shape index (κ1) is 28.2. The van der Waals surface area contributed by atoms with Crippen LogP contribution in [0.3, 0.4) is 0 Å². The lowest BCUT2D eigenvalue weighted by molar-refractivity contribution is 0.0193. The average Bonchev–Trinajstić information content (AvgIpc) is 2.49. The number of piperidine rings is 1. The number of amides is 1. The van der Waals surface area contributed by atoms with E-state index >= 15 is 0 Å². The zero-order chi connectivity index (χ0) is 21.6. The third kappa shape index (κ3) is 12.5. The van der Waals surface area contributed by atoms with Crippen molar-refractivity contribution in [2.45, 2.75) is 71.6 Å². The number of rotatable bonds is 6. The Balaban J connectivity index is 0.00000784. The molecule has 0 radical (unpaired) electrons. The molecule has 1 amide bonds. The summed E-state index contributed by atoms with van der Waals surface area (Å²) in [5.74, 6) is 0.599. The average molecular weight is 548 g/mol. The molecule has 1 atom stereocenters. The van der Waals surface area contributed by atoms with E-state index in [1.165, 1.54) is 0 Å². The smallest absolute Gasteiger partial charge is 0.410 e. The Labute approximate surface area is 192 Å². The predicted molar refractivity (Wildman–Crippen MR) is 127 cm³/mol. The quantitative estimate of drug-likeness (QED) is 0.266. The number of sulfonamides is 1. The Morgan fingerprint density at radius 3 is 2.38 bits per heavy atom. The van der Waals surface area contributed by atoms with Gasteiger partial charge in [-0.25, -0.2) is 17.9 Å². The van der Waals surface area contributed by atoms with Crippen molar-refractivity contribution in [1.82, 2.24) is 20.3 Å². The maximum absolute atomic E-state index is 12.3. The zero-order valence-corrected chi connectivity index (χ0v) is 21.8. The SMILES string of the molecule is CCNC(=NCC(C)(C)NS(C)(=O)=O)NC1CCCN(C(=O)OC(C)(C)C)C1.I. The van der Waals surface area contributed by atoms with Crippen molar-refractivity contribution in [1.29, 1.82) is 0 Å². The van der Waals surface area contributed by atoms with Crippen LogP contribution in [0.2, 0.25) is 0 Å². The number of carbonyl (C=O) groups is 1. The third-order valence-electron chi connectivity index (χ3n) is 3.85. The maximum Gasteiger partial charge on any atom is 0.410 e. The van der Waals surface area contributed by atoms with Crippen molar-refractivity contribution < 1.29 is 17.9 Å². The maximum atomic E-state index is 12.3. The standard InChI is InChI=1S/C18H37N5O4S.HI/c1-8-19-15(20-13-18(5,6)22-28(7,25)26)21-14-10-9-11-23(12-14)16(24)27-17(2,3)4;/h14,22H,8-13H2,1-7H3,(H2,19,20,21);1H. The van der Waals surface area contributed by atoms with Gasteiger partial charge in [0.2, 0.25) is 10.0 Å². The molecule has 0 spiro atoms. The Kier molecular flexibility index (Phi) is 11.2. The molecule has 9 nitrogen and oxygen atoms in total. The summed E-state index contributed by atoms with van der Waals surface area (Å²) in [6.45, 7) is 13.2. The fourth-order valence-electron chi connectivity index (χ4n) is 2.91. The van der Waals surface area contributed by atoms with Gasteiger partial charge in [0.15, 0.2) is 5.96 Å². The predicted octanol–water partition coefficient (Wildman–Crippen LogP) is 1.89. The lowest BCUT2D eigenvalue weighted by atomic mass is 10.1. The van der Waals surface area contributed by atoms with E-state index in [9.17, 15) is 13.2 Å². The molecular weight excluding hydrogens is 509 g/mol. The van der Waals surface area contributed by atoms with Gasteiger partial charge >= 0.3 is 6.09 Å². The minimum Gasteiger partial charge on any atom is -0.444 e. The van der Waals surface area contributed by atoms with Crippen LogP contribution in [0.1, 0.15) is 54.4 Å². The van der Waals surface area contributed by atoms with Crippen molar-refractivity contribution in [2.75, 3.05) is 32.4 Å². The number of nitrogens with one attached hydrogen (secondary N) is 3. The number of ether oxygens (including phenoxy) is 1. The first-order valence-electron chi connectivity index (χ1n) is 9.72. The highest BCUT2D eigenvalue weighted by Gasteiger charge is 2.28. The summed E-state index contributed by atoms with van der Waals surface area (Å²) in [4.78, 5) is 18.6. The van der Waals surface area contributed by atoms with Gasteiger partial charge in [0.05, 0.1) is 12.8 Å². The van der Waals surface area contributed by atoms with Crippen molar-refractivity contribution in [3.8, 4) is 0 Å². The van der Waals surface area contributed by atoms with Gasteiger partial charge in [-0.05, 0) is 54.4 Å². The first-order chi connectivity index (χ1) is 12.7. The van der Waals surface area contributed by atoms with Crippen LogP contribution in [-0.4, -0.2) is 75.0 Å². The molecule has 1 saturated heterocycles. The van der Waals surface area contributed by atoms with Crippen LogP contribution in [0.15, 0.2) is 4.99 Å². The molecule has 1 rings (SSSR count). The van der Waals surface area contributed by atoms with Crippen LogP contribution in [0.5, 0.6) is 0 Å². The van der Waals surface area contributed by atoms with Gasteiger partial charge in [-0.3, -0.25) is 4.99 Å². The number of halogens is 1. The van der Waals surface area contributed by atoms with Crippen LogP contribution < -0.4 is 15.4 Å². The third-order valence-corrected chi connectivity index (χ3v) is 4.78. The van der Waals surface area contributed by atoms with Crippen molar-refractivity contribution in [2.24, 2.45) is 4.99 Å². The summed E-state index contributed by atoms with van der Waals surface area (Å²) < 4.78 is 31.0. The van der Waals surface area contributed by atoms with E-state index in [-0.39, 0.29) is 42.7 Å². The number of likely N-dealkylation sites (tertiary alicyclic amines) is 1. The number of guanidine groups is 1. The number of carbonyl (C=O) groups excluding carboxylic acids is 1. The van der Waals surface area contributed by atoms with Gasteiger partial charge < -0.3 is 20.3 Å². The number of nitrogens with zero attached hydrogens (tertiary/aromatic N) is 2. The molecule has 0 bridgehead atoms. The van der Waals surface area contributed by atoms with Gasteiger partial charge in [-0.2, -0.15) is 0 Å². The van der Waals surface area contributed by atoms with Crippen LogP contribution in [0.4, 0.5) is 4.79 Å².